The van der Waals surface area contributed by atoms with E-state index in [2.05, 4.69) is 37.2 Å². The highest BCUT2D eigenvalue weighted by Crippen LogP contribution is 2.21. The van der Waals surface area contributed by atoms with E-state index in [4.69, 9.17) is 5.73 Å². The molecule has 0 bridgehead atoms. The monoisotopic (exact) mass is 979 g/mol. The topological polar surface area (TPSA) is 338 Å². The van der Waals surface area contributed by atoms with Crippen LogP contribution in [0.1, 0.15) is 117 Å². The minimum Gasteiger partial charge on any atom is -0.481 e. The molecule has 0 radical (unpaired) electrons. The number of primary amides is 1. The zero-order chi connectivity index (χ0) is 52.7. The van der Waals surface area contributed by atoms with Gasteiger partial charge >= 0.3 is 11.9 Å². The molecule has 0 aliphatic carbocycles. The molecule has 0 saturated heterocycles. The maximum Gasteiger partial charge on any atom is 0.305 e. The first-order chi connectivity index (χ1) is 32.8. The summed E-state index contributed by atoms with van der Waals surface area (Å²) in [5, 5.41) is 37.0. The lowest BCUT2D eigenvalue weighted by atomic mass is 9.85. The Kier molecular flexibility index (Phi) is 24.4. The number of anilines is 1. The van der Waals surface area contributed by atoms with E-state index in [0.29, 0.717) is 29.7 Å². The Labute approximate surface area is 408 Å². The first-order valence-electron chi connectivity index (χ1n) is 23.3. The zero-order valence-corrected chi connectivity index (χ0v) is 41.0. The lowest BCUT2D eigenvalue weighted by molar-refractivity contribution is -0.141. The lowest BCUT2D eigenvalue weighted by Crippen LogP contribution is -2.62. The number of ketones is 1. The number of nitrogens with one attached hydrogen (secondary N) is 7. The van der Waals surface area contributed by atoms with Crippen LogP contribution in [-0.2, 0) is 59.2 Å². The highest BCUT2D eigenvalue weighted by atomic mass is 16.4. The van der Waals surface area contributed by atoms with E-state index in [9.17, 15) is 63.0 Å². The summed E-state index contributed by atoms with van der Waals surface area (Å²) in [6.07, 6.45) is -1.28. The molecule has 0 aliphatic rings. The zero-order valence-electron chi connectivity index (χ0n) is 41.0. The van der Waals surface area contributed by atoms with E-state index in [1.54, 1.807) is 96.1 Å². The largest absolute Gasteiger partial charge is 0.481 e. The number of carboxylic acids is 2. The molecule has 0 saturated carbocycles. The summed E-state index contributed by atoms with van der Waals surface area (Å²) in [7, 11) is 0. The van der Waals surface area contributed by atoms with Crippen LogP contribution in [0.2, 0.25) is 0 Å². The number of rotatable bonds is 30. The number of hydrogen-bond donors (Lipinski definition) is 10. The molecule has 11 N–H and O–H groups in total. The third-order valence-corrected chi connectivity index (χ3v) is 11.0. The molecule has 2 aromatic rings. The fourth-order valence-electron chi connectivity index (χ4n) is 7.15. The van der Waals surface area contributed by atoms with Crippen LogP contribution in [0.25, 0.3) is 0 Å². The summed E-state index contributed by atoms with van der Waals surface area (Å²) in [6, 6.07) is 6.71. The van der Waals surface area contributed by atoms with Crippen LogP contribution in [0.5, 0.6) is 0 Å². The van der Waals surface area contributed by atoms with Crippen molar-refractivity contribution in [3.05, 3.63) is 65.7 Å². The minimum atomic E-state index is -1.74. The fraction of sp³-hybridized carbons (Fsp3) is 0.531. The number of para-hydroxylation sites is 1. The smallest absolute Gasteiger partial charge is 0.305 e. The van der Waals surface area contributed by atoms with Gasteiger partial charge in [0.25, 0.3) is 5.91 Å². The highest BCUT2D eigenvalue weighted by molar-refractivity contribution is 6.37. The fourth-order valence-corrected chi connectivity index (χ4v) is 7.15. The number of Topliss-reactive ketones (excluding diaryl/α,β-unsaturated/α-hetero) is 1. The second kappa shape index (κ2) is 29.0. The molecule has 6 atom stereocenters. The average molecular weight is 979 g/mol. The number of amides is 8. The molecule has 0 heterocycles. The van der Waals surface area contributed by atoms with Gasteiger partial charge in [0.15, 0.2) is 0 Å². The van der Waals surface area contributed by atoms with Crippen molar-refractivity contribution in [3.63, 3.8) is 0 Å². The van der Waals surface area contributed by atoms with Crippen LogP contribution < -0.4 is 43.0 Å². The van der Waals surface area contributed by atoms with Crippen molar-refractivity contribution in [3.8, 4) is 0 Å². The number of aryl methyl sites for hydroxylation is 1. The number of hydrogen-bond acceptors (Lipinski definition) is 11. The van der Waals surface area contributed by atoms with Crippen molar-refractivity contribution in [2.45, 2.75) is 155 Å². The molecule has 21 heteroatoms. The second-order valence-electron chi connectivity index (χ2n) is 18.6. The van der Waals surface area contributed by atoms with Gasteiger partial charge in [-0.2, -0.15) is 0 Å². The standard InChI is InChI=1S/C49H70N8O13/c1-8-9-20-32(41(64)43(50)65)53-45(67)34(25-28(2)3)56-48(70)42(49(5,6)7)57-47(69)35(26-30-17-14-13-16-29(30)4)55-44(66)33(23-24-39(60)61)54-46(68)36(27-40(62)63)52-38(59)22-15-21-37(58)51-31-18-11-10-12-19-31/h10-14,16-19,28,32-36,42H,8-9,15,20-27H2,1-7H3,(H2,50,65)(H,51,58)(H,52,59)(H,53,67)(H,54,68)(H,55,66)(H,56,70)(H,57,69)(H,60,61)(H,62,63)/t32-,33-,34-,35-,36-,42+/m0/s1. The summed E-state index contributed by atoms with van der Waals surface area (Å²) in [5.41, 5.74) is 6.05. The second-order valence-corrected chi connectivity index (χ2v) is 18.6. The molecule has 384 valence electrons. The van der Waals surface area contributed by atoms with E-state index in [1.807, 2.05) is 6.92 Å². The quantitative estimate of drug-likeness (QED) is 0.0501. The number of carbonyl (C=O) groups excluding carboxylic acids is 9. The summed E-state index contributed by atoms with van der Waals surface area (Å²) < 4.78 is 0. The molecule has 0 aromatic heterocycles. The van der Waals surface area contributed by atoms with Crippen molar-refractivity contribution >= 4 is 70.7 Å². The first kappa shape index (κ1) is 58.9. The van der Waals surface area contributed by atoms with Crippen molar-refractivity contribution in [2.24, 2.45) is 17.1 Å². The van der Waals surface area contributed by atoms with Crippen molar-refractivity contribution in [2.75, 3.05) is 5.32 Å². The molecule has 8 amide bonds. The van der Waals surface area contributed by atoms with Crippen molar-refractivity contribution < 1.29 is 63.0 Å². The van der Waals surface area contributed by atoms with Gasteiger partial charge in [0.2, 0.25) is 47.1 Å². The Balaban J connectivity index is 2.41. The predicted octanol–water partition coefficient (Wildman–Crippen LogP) is 1.93. The number of aliphatic carboxylic acids is 2. The van der Waals surface area contributed by atoms with Crippen LogP contribution in [0.3, 0.4) is 0 Å². The molecule has 0 spiro atoms. The number of unbranched alkanes of at least 4 members (excludes halogenated alkanes) is 1. The maximum absolute atomic E-state index is 14.4. The number of carbonyl (C=O) groups is 11. The summed E-state index contributed by atoms with van der Waals surface area (Å²) in [4.78, 5) is 143. The third-order valence-electron chi connectivity index (χ3n) is 11.0. The van der Waals surface area contributed by atoms with E-state index in [1.165, 1.54) is 0 Å². The van der Waals surface area contributed by atoms with Gasteiger partial charge in [0.05, 0.1) is 12.5 Å². The van der Waals surface area contributed by atoms with Crippen LogP contribution in [-0.4, -0.2) is 111 Å². The molecule has 0 aliphatic heterocycles. The van der Waals surface area contributed by atoms with E-state index >= 15 is 0 Å². The molecule has 21 nitrogen and oxygen atoms in total. The van der Waals surface area contributed by atoms with Crippen LogP contribution in [0, 0.1) is 18.3 Å². The number of benzene rings is 2. The summed E-state index contributed by atoms with van der Waals surface area (Å²) in [6.45, 7) is 12.1. The van der Waals surface area contributed by atoms with E-state index < -0.39 is 120 Å². The molecule has 0 fully saturated rings. The Morgan fingerprint density at radius 2 is 1.13 bits per heavy atom. The average Bonchev–Trinajstić information content (AvgIpc) is 3.27. The molecule has 2 aromatic carbocycles. The number of nitrogens with two attached hydrogens (primary N) is 1. The van der Waals surface area contributed by atoms with Gasteiger partial charge in [-0.05, 0) is 67.2 Å². The van der Waals surface area contributed by atoms with Crippen molar-refractivity contribution in [1.82, 2.24) is 31.9 Å². The van der Waals surface area contributed by atoms with Crippen LogP contribution in [0.4, 0.5) is 5.69 Å². The predicted molar refractivity (Wildman–Crippen MR) is 257 cm³/mol. The Hall–Kier alpha value is -7.19. The van der Waals surface area contributed by atoms with Gasteiger partial charge in [-0.15, -0.1) is 0 Å². The lowest BCUT2D eigenvalue weighted by Gasteiger charge is -2.34. The normalized spacial score (nSPS) is 13.7. The van der Waals surface area contributed by atoms with Gasteiger partial charge in [0.1, 0.15) is 30.2 Å². The van der Waals surface area contributed by atoms with E-state index in [0.717, 1.165) is 0 Å². The summed E-state index contributed by atoms with van der Waals surface area (Å²) >= 11 is 0. The first-order valence-corrected chi connectivity index (χ1v) is 23.3. The van der Waals surface area contributed by atoms with Crippen LogP contribution >= 0.6 is 0 Å². The maximum atomic E-state index is 14.4. The van der Waals surface area contributed by atoms with Crippen LogP contribution in [0.15, 0.2) is 54.6 Å². The van der Waals surface area contributed by atoms with Gasteiger partial charge in [-0.1, -0.05) is 96.8 Å². The molecule has 70 heavy (non-hydrogen) atoms. The van der Waals surface area contributed by atoms with E-state index in [-0.39, 0.29) is 50.4 Å². The Morgan fingerprint density at radius 3 is 1.70 bits per heavy atom. The molecular formula is C49H70N8O13. The van der Waals surface area contributed by atoms with Gasteiger partial charge in [-0.3, -0.25) is 52.7 Å². The Bertz CT molecular complexity index is 2180. The summed E-state index contributed by atoms with van der Waals surface area (Å²) in [5.74, 6) is -11.1. The Morgan fingerprint density at radius 1 is 0.586 bits per heavy atom. The SMILES string of the molecule is CCCC[C@H](NC(=O)[C@H](CC(C)C)NC(=O)[C@@H](NC(=O)[C@H](Cc1ccccc1C)NC(=O)[C@H](CCC(=O)O)NC(=O)[C@H](CC(=O)O)NC(=O)CCCC(=O)Nc1ccccc1)C(C)(C)C)C(=O)C(N)=O. The van der Waals surface area contributed by atoms with Crippen molar-refractivity contribution in [1.29, 1.82) is 0 Å². The highest BCUT2D eigenvalue weighted by Gasteiger charge is 2.39. The third kappa shape index (κ3) is 21.4. The number of carboxylic acid groups (broad SMARTS) is 2. The van der Waals surface area contributed by atoms with Gasteiger partial charge < -0.3 is 53.2 Å². The van der Waals surface area contributed by atoms with Gasteiger partial charge in [0, 0.05) is 31.4 Å². The molecule has 0 unspecified atom stereocenters. The minimum absolute atomic E-state index is 0.0333. The molecule has 2 rings (SSSR count). The molecular weight excluding hydrogens is 909 g/mol. The van der Waals surface area contributed by atoms with Gasteiger partial charge in [-0.25, -0.2) is 0 Å².